The third-order valence-electron chi connectivity index (χ3n) is 2.98. The smallest absolute Gasteiger partial charge is 0.230 e. The van der Waals surface area contributed by atoms with Crippen molar-refractivity contribution in [1.29, 1.82) is 0 Å². The maximum Gasteiger partial charge on any atom is 0.230 e. The van der Waals surface area contributed by atoms with Crippen LogP contribution in [0.2, 0.25) is 0 Å². The van der Waals surface area contributed by atoms with Gasteiger partial charge in [-0.2, -0.15) is 0 Å². The number of aromatic nitrogens is 1. The van der Waals surface area contributed by atoms with Crippen molar-refractivity contribution < 1.29 is 9.26 Å². The van der Waals surface area contributed by atoms with Crippen molar-refractivity contribution >= 4 is 5.88 Å². The van der Waals surface area contributed by atoms with E-state index < -0.39 is 0 Å². The Morgan fingerprint density at radius 1 is 1.33 bits per heavy atom. The maximum atomic E-state index is 5.88. The minimum absolute atomic E-state index is 0.369. The fourth-order valence-corrected chi connectivity index (χ4v) is 2.09. The quantitative estimate of drug-likeness (QED) is 0.901. The van der Waals surface area contributed by atoms with Crippen molar-refractivity contribution in [3.05, 3.63) is 35.0 Å². The van der Waals surface area contributed by atoms with Gasteiger partial charge in [0.25, 0.3) is 0 Å². The molecule has 0 unspecified atom stereocenters. The molecule has 1 heterocycles. The van der Waals surface area contributed by atoms with Gasteiger partial charge in [-0.25, -0.2) is 0 Å². The van der Waals surface area contributed by atoms with Gasteiger partial charge in [0.2, 0.25) is 5.88 Å². The molecule has 1 aromatic heterocycles. The summed E-state index contributed by atoms with van der Waals surface area (Å²) in [6.07, 6.45) is 0.694. The van der Waals surface area contributed by atoms with Crippen molar-refractivity contribution in [3.8, 4) is 11.1 Å². The van der Waals surface area contributed by atoms with Crippen LogP contribution < -0.4 is 5.73 Å². The molecular formula is C14H18N2O2. The van der Waals surface area contributed by atoms with Crippen LogP contribution in [0.1, 0.15) is 16.8 Å². The van der Waals surface area contributed by atoms with E-state index in [4.69, 9.17) is 15.0 Å². The first kappa shape index (κ1) is 12.6. The fraction of sp³-hybridized carbons (Fsp3) is 0.357. The second kappa shape index (κ2) is 5.23. The largest absolute Gasteiger partial charge is 0.384 e. The van der Waals surface area contributed by atoms with Gasteiger partial charge in [-0.15, -0.1) is 0 Å². The van der Waals surface area contributed by atoms with Crippen molar-refractivity contribution in [2.45, 2.75) is 20.3 Å². The van der Waals surface area contributed by atoms with Gasteiger partial charge in [0.05, 0.1) is 17.9 Å². The molecule has 0 spiro atoms. The topological polar surface area (TPSA) is 61.3 Å². The van der Waals surface area contributed by atoms with E-state index in [1.165, 1.54) is 11.1 Å². The molecular weight excluding hydrogens is 228 g/mol. The first-order chi connectivity index (χ1) is 8.63. The molecule has 1 aromatic carbocycles. The summed E-state index contributed by atoms with van der Waals surface area (Å²) < 4.78 is 10.2. The van der Waals surface area contributed by atoms with Gasteiger partial charge in [-0.1, -0.05) is 28.9 Å². The van der Waals surface area contributed by atoms with Crippen LogP contribution in [0.15, 0.2) is 22.7 Å². The molecule has 0 radical (unpaired) electrons. The van der Waals surface area contributed by atoms with Gasteiger partial charge in [-0.3, -0.25) is 0 Å². The molecule has 2 rings (SSSR count). The lowest BCUT2D eigenvalue weighted by atomic mass is 9.98. The molecule has 0 atom stereocenters. The van der Waals surface area contributed by atoms with Crippen LogP contribution in [-0.2, 0) is 11.2 Å². The maximum absolute atomic E-state index is 5.88. The molecule has 96 valence electrons. The molecule has 0 aliphatic heterocycles. The lowest BCUT2D eigenvalue weighted by Crippen LogP contribution is -1.98. The minimum atomic E-state index is 0.369. The van der Waals surface area contributed by atoms with Gasteiger partial charge < -0.3 is 15.0 Å². The highest BCUT2D eigenvalue weighted by atomic mass is 16.5. The lowest BCUT2D eigenvalue weighted by molar-refractivity contribution is 0.200. The Hall–Kier alpha value is -1.81. The summed E-state index contributed by atoms with van der Waals surface area (Å²) in [5, 5.41) is 4.01. The predicted octanol–water partition coefficient (Wildman–Crippen LogP) is 2.73. The Labute approximate surface area is 107 Å². The minimum Gasteiger partial charge on any atom is -0.384 e. The highest BCUT2D eigenvalue weighted by Crippen LogP contribution is 2.32. The summed E-state index contributed by atoms with van der Waals surface area (Å²) in [6.45, 7) is 4.73. The second-order valence-corrected chi connectivity index (χ2v) is 4.43. The number of benzene rings is 1. The normalized spacial score (nSPS) is 10.8. The number of hydrogen-bond acceptors (Lipinski definition) is 4. The van der Waals surface area contributed by atoms with E-state index in [-0.39, 0.29) is 0 Å². The molecule has 18 heavy (non-hydrogen) atoms. The Morgan fingerprint density at radius 3 is 2.78 bits per heavy atom. The van der Waals surface area contributed by atoms with Crippen molar-refractivity contribution in [2.24, 2.45) is 0 Å². The van der Waals surface area contributed by atoms with E-state index in [1.54, 1.807) is 7.11 Å². The number of nitrogen functional groups attached to an aromatic ring is 1. The first-order valence-electron chi connectivity index (χ1n) is 5.94. The molecule has 0 aliphatic rings. The number of methoxy groups -OCH3 is 1. The second-order valence-electron chi connectivity index (χ2n) is 4.43. The zero-order valence-corrected chi connectivity index (χ0v) is 11.0. The molecule has 0 amide bonds. The summed E-state index contributed by atoms with van der Waals surface area (Å²) in [5.41, 5.74) is 11.1. The number of hydrogen-bond donors (Lipinski definition) is 1. The number of anilines is 1. The SMILES string of the molecule is COCCc1noc(N)c1-c1ccc(C)cc1C. The summed E-state index contributed by atoms with van der Waals surface area (Å²) >= 11 is 0. The van der Waals surface area contributed by atoms with Crippen LogP contribution in [-0.4, -0.2) is 18.9 Å². The van der Waals surface area contributed by atoms with Crippen molar-refractivity contribution in [1.82, 2.24) is 5.16 Å². The number of nitrogens with two attached hydrogens (primary N) is 1. The van der Waals surface area contributed by atoms with Crippen molar-refractivity contribution in [3.63, 3.8) is 0 Å². The zero-order chi connectivity index (χ0) is 13.1. The van der Waals surface area contributed by atoms with Crippen LogP contribution in [0.3, 0.4) is 0 Å². The molecule has 0 saturated carbocycles. The highest BCUT2D eigenvalue weighted by molar-refractivity contribution is 5.77. The predicted molar refractivity (Wildman–Crippen MR) is 71.4 cm³/mol. The molecule has 2 N–H and O–H groups in total. The molecule has 4 nitrogen and oxygen atoms in total. The third-order valence-corrected chi connectivity index (χ3v) is 2.98. The third kappa shape index (κ3) is 2.38. The van der Waals surface area contributed by atoms with E-state index in [0.29, 0.717) is 18.9 Å². The van der Waals surface area contributed by atoms with Crippen LogP contribution in [0.4, 0.5) is 5.88 Å². The van der Waals surface area contributed by atoms with E-state index in [0.717, 1.165) is 16.8 Å². The molecule has 0 aliphatic carbocycles. The summed E-state index contributed by atoms with van der Waals surface area (Å²) in [4.78, 5) is 0. The summed E-state index contributed by atoms with van der Waals surface area (Å²) in [5.74, 6) is 0.369. The fourth-order valence-electron chi connectivity index (χ4n) is 2.09. The van der Waals surface area contributed by atoms with E-state index in [2.05, 4.69) is 37.2 Å². The number of rotatable bonds is 4. The number of nitrogens with zero attached hydrogens (tertiary/aromatic N) is 1. The standard InChI is InChI=1S/C14H18N2O2/c1-9-4-5-11(10(2)8-9)13-12(6-7-17-3)16-18-14(13)15/h4-5,8H,6-7,15H2,1-3H3. The van der Waals surface area contributed by atoms with E-state index in [1.807, 2.05) is 0 Å². The first-order valence-corrected chi connectivity index (χ1v) is 5.94. The van der Waals surface area contributed by atoms with Gasteiger partial charge in [0.15, 0.2) is 0 Å². The Morgan fingerprint density at radius 2 is 2.11 bits per heavy atom. The Bertz CT molecular complexity index is 547. The summed E-state index contributed by atoms with van der Waals surface area (Å²) in [6, 6.07) is 6.25. The zero-order valence-electron chi connectivity index (χ0n) is 11.0. The van der Waals surface area contributed by atoms with Crippen LogP contribution in [0.5, 0.6) is 0 Å². The molecule has 0 saturated heterocycles. The molecule has 0 bridgehead atoms. The van der Waals surface area contributed by atoms with Crippen LogP contribution in [0, 0.1) is 13.8 Å². The average molecular weight is 246 g/mol. The number of ether oxygens (including phenoxy) is 1. The number of aryl methyl sites for hydroxylation is 2. The molecule has 0 fully saturated rings. The van der Waals surface area contributed by atoms with E-state index in [9.17, 15) is 0 Å². The summed E-state index contributed by atoms with van der Waals surface area (Å²) in [7, 11) is 1.67. The van der Waals surface area contributed by atoms with Crippen molar-refractivity contribution in [2.75, 3.05) is 19.5 Å². The van der Waals surface area contributed by atoms with E-state index >= 15 is 0 Å². The van der Waals surface area contributed by atoms with Gasteiger partial charge in [-0.05, 0) is 25.0 Å². The Kier molecular flexibility index (Phi) is 3.67. The van der Waals surface area contributed by atoms with Crippen LogP contribution in [0.25, 0.3) is 11.1 Å². The average Bonchev–Trinajstić information content (AvgIpc) is 2.68. The molecule has 2 aromatic rings. The van der Waals surface area contributed by atoms with Crippen LogP contribution >= 0.6 is 0 Å². The highest BCUT2D eigenvalue weighted by Gasteiger charge is 2.17. The Balaban J connectivity index is 2.45. The monoisotopic (exact) mass is 246 g/mol. The van der Waals surface area contributed by atoms with Gasteiger partial charge in [0.1, 0.15) is 0 Å². The molecule has 4 heteroatoms. The lowest BCUT2D eigenvalue weighted by Gasteiger charge is -2.07. The van der Waals surface area contributed by atoms with Gasteiger partial charge >= 0.3 is 0 Å². The van der Waals surface area contributed by atoms with Gasteiger partial charge in [0, 0.05) is 13.5 Å².